The highest BCUT2D eigenvalue weighted by Crippen LogP contribution is 2.26. The number of terminal acetylenes is 1. The van der Waals surface area contributed by atoms with Crippen LogP contribution in [0.15, 0.2) is 11.6 Å². The maximum Gasteiger partial charge on any atom is 0.305 e. The topological polar surface area (TPSA) is 111 Å². The maximum absolute atomic E-state index is 10.9. The second-order valence-corrected chi connectivity index (χ2v) is 6.40. The second kappa shape index (κ2) is 14.7. The normalized spacial score (nSPS) is 24.2. The Morgan fingerprint density at radius 3 is 2.58 bits per heavy atom. The van der Waals surface area contributed by atoms with Gasteiger partial charge < -0.3 is 24.5 Å². The Bertz CT molecular complexity index is 459. The van der Waals surface area contributed by atoms with E-state index in [1.807, 2.05) is 0 Å². The van der Waals surface area contributed by atoms with Crippen LogP contribution < -0.4 is 5.90 Å². The molecule has 0 aliphatic carbocycles. The van der Waals surface area contributed by atoms with Crippen LogP contribution in [0.3, 0.4) is 0 Å². The van der Waals surface area contributed by atoms with Crippen molar-refractivity contribution in [3.63, 3.8) is 0 Å². The summed E-state index contributed by atoms with van der Waals surface area (Å²) < 4.78 is 16.7. The minimum atomic E-state index is -0.832. The molecule has 0 amide bonds. The molecule has 1 aliphatic heterocycles. The van der Waals surface area contributed by atoms with E-state index in [4.69, 9.17) is 30.9 Å². The van der Waals surface area contributed by atoms with E-state index in [2.05, 4.69) is 24.8 Å². The number of hydrogen-bond acceptors (Lipinski definition) is 6. The van der Waals surface area contributed by atoms with Crippen LogP contribution in [0.1, 0.15) is 51.9 Å². The number of allylic oxidation sites excluding steroid dienone is 1. The zero-order valence-corrected chi connectivity index (χ0v) is 16.0. The van der Waals surface area contributed by atoms with E-state index in [0.717, 1.165) is 25.7 Å². The van der Waals surface area contributed by atoms with Gasteiger partial charge in [-0.3, -0.25) is 4.79 Å². The van der Waals surface area contributed by atoms with Crippen molar-refractivity contribution in [3.05, 3.63) is 11.6 Å². The van der Waals surface area contributed by atoms with Crippen LogP contribution in [0.2, 0.25) is 0 Å². The van der Waals surface area contributed by atoms with Crippen LogP contribution in [0.25, 0.3) is 0 Å². The van der Waals surface area contributed by atoms with E-state index in [0.29, 0.717) is 12.8 Å². The number of aliphatic carboxylic acids is 1. The van der Waals surface area contributed by atoms with Gasteiger partial charge in [0, 0.05) is 33.5 Å². The van der Waals surface area contributed by atoms with Crippen molar-refractivity contribution in [1.82, 2.24) is 0 Å². The van der Waals surface area contributed by atoms with Crippen LogP contribution in [0.5, 0.6) is 0 Å². The summed E-state index contributed by atoms with van der Waals surface area (Å²) in [6.07, 6.45) is 12.1. The standard InChI is InChI=1S/C19H30O5.H3NO/c1-5-6-15(22-3)9-7-14(2)8-10-16-11-17(23-4)12-18(24-16)13-19(20)21;1-2/h1,8,15-18H,6-7,9-13H2,2-4H3,(H,20,21);2H,1H2/b14-8+;. The van der Waals surface area contributed by atoms with Gasteiger partial charge in [-0.15, -0.1) is 12.3 Å². The molecule has 26 heavy (non-hydrogen) atoms. The van der Waals surface area contributed by atoms with Gasteiger partial charge in [-0.05, 0) is 26.2 Å². The summed E-state index contributed by atoms with van der Waals surface area (Å²) in [5.74, 6) is 5.30. The first kappa shape index (κ1) is 24.6. The second-order valence-electron chi connectivity index (χ2n) is 6.40. The van der Waals surface area contributed by atoms with Gasteiger partial charge in [0.2, 0.25) is 0 Å². The van der Waals surface area contributed by atoms with E-state index < -0.39 is 5.97 Å². The Morgan fingerprint density at radius 1 is 1.38 bits per heavy atom. The highest BCUT2D eigenvalue weighted by Gasteiger charge is 2.30. The molecule has 1 heterocycles. The molecule has 0 aromatic heterocycles. The molecule has 0 bridgehead atoms. The van der Waals surface area contributed by atoms with Gasteiger partial charge in [-0.2, -0.15) is 0 Å². The van der Waals surface area contributed by atoms with Crippen LogP contribution in [0, 0.1) is 12.3 Å². The molecule has 1 fully saturated rings. The van der Waals surface area contributed by atoms with E-state index >= 15 is 0 Å². The van der Waals surface area contributed by atoms with Crippen molar-refractivity contribution in [2.75, 3.05) is 14.2 Å². The molecule has 1 rings (SSSR count). The lowest BCUT2D eigenvalue weighted by Gasteiger charge is -2.34. The molecule has 0 aromatic carbocycles. The Kier molecular flexibility index (Phi) is 13.9. The summed E-state index contributed by atoms with van der Waals surface area (Å²) in [5.41, 5.74) is 1.27. The molecule has 4 N–H and O–H groups in total. The number of methoxy groups -OCH3 is 2. The van der Waals surface area contributed by atoms with Crippen LogP contribution in [-0.4, -0.2) is 54.9 Å². The van der Waals surface area contributed by atoms with Gasteiger partial charge in [0.1, 0.15) is 0 Å². The number of carbonyl (C=O) groups is 1. The molecule has 7 nitrogen and oxygen atoms in total. The quantitative estimate of drug-likeness (QED) is 0.307. The van der Waals surface area contributed by atoms with E-state index in [9.17, 15) is 4.79 Å². The number of hydrogen-bond donors (Lipinski definition) is 3. The van der Waals surface area contributed by atoms with E-state index in [1.54, 1.807) is 14.2 Å². The van der Waals surface area contributed by atoms with Gasteiger partial charge in [0.25, 0.3) is 0 Å². The van der Waals surface area contributed by atoms with E-state index in [1.165, 1.54) is 5.57 Å². The maximum atomic E-state index is 10.9. The Morgan fingerprint density at radius 2 is 2.04 bits per heavy atom. The molecule has 0 saturated carbocycles. The Hall–Kier alpha value is -1.43. The fraction of sp³-hybridized carbons (Fsp3) is 0.737. The van der Waals surface area contributed by atoms with Crippen molar-refractivity contribution in [2.45, 2.75) is 76.3 Å². The highest BCUT2D eigenvalue weighted by molar-refractivity contribution is 5.67. The fourth-order valence-corrected chi connectivity index (χ4v) is 2.99. The molecular formula is C19H33NO6. The predicted octanol–water partition coefficient (Wildman–Crippen LogP) is 2.51. The fourth-order valence-electron chi connectivity index (χ4n) is 2.99. The summed E-state index contributed by atoms with van der Waals surface area (Å²) in [7, 11) is 3.35. The summed E-state index contributed by atoms with van der Waals surface area (Å²) in [5, 5.41) is 15.5. The van der Waals surface area contributed by atoms with Crippen LogP contribution >= 0.6 is 0 Å². The Balaban J connectivity index is 0.00000301. The largest absolute Gasteiger partial charge is 0.481 e. The third kappa shape index (κ3) is 10.5. The smallest absolute Gasteiger partial charge is 0.305 e. The molecule has 1 aliphatic rings. The first-order valence-electron chi connectivity index (χ1n) is 8.76. The summed E-state index contributed by atoms with van der Waals surface area (Å²) in [4.78, 5) is 10.9. The summed E-state index contributed by atoms with van der Waals surface area (Å²) in [6.45, 7) is 2.09. The lowest BCUT2D eigenvalue weighted by molar-refractivity contribution is -0.147. The first-order chi connectivity index (χ1) is 12.5. The van der Waals surface area contributed by atoms with Crippen molar-refractivity contribution in [2.24, 2.45) is 5.90 Å². The highest BCUT2D eigenvalue weighted by atomic mass is 16.5. The summed E-state index contributed by atoms with van der Waals surface area (Å²) in [6, 6.07) is 0. The average molecular weight is 371 g/mol. The van der Waals surface area contributed by atoms with Gasteiger partial charge in [-0.1, -0.05) is 11.6 Å². The Labute approximate surface area is 156 Å². The molecule has 4 unspecified atom stereocenters. The molecule has 150 valence electrons. The lowest BCUT2D eigenvalue weighted by Crippen LogP contribution is -2.37. The molecule has 1 saturated heterocycles. The van der Waals surface area contributed by atoms with Gasteiger partial charge in [0.15, 0.2) is 0 Å². The average Bonchev–Trinajstić information content (AvgIpc) is 2.64. The first-order valence-corrected chi connectivity index (χ1v) is 8.76. The minimum Gasteiger partial charge on any atom is -0.481 e. The number of nitrogens with two attached hydrogens (primary N) is 1. The third-order valence-corrected chi connectivity index (χ3v) is 4.44. The van der Waals surface area contributed by atoms with Gasteiger partial charge in [0.05, 0.1) is 30.8 Å². The molecular weight excluding hydrogens is 338 g/mol. The van der Waals surface area contributed by atoms with Crippen molar-refractivity contribution in [1.29, 1.82) is 0 Å². The van der Waals surface area contributed by atoms with Crippen LogP contribution in [0.4, 0.5) is 0 Å². The lowest BCUT2D eigenvalue weighted by atomic mass is 9.96. The van der Waals surface area contributed by atoms with Gasteiger partial charge >= 0.3 is 5.97 Å². The third-order valence-electron chi connectivity index (χ3n) is 4.44. The monoisotopic (exact) mass is 371 g/mol. The van der Waals surface area contributed by atoms with Crippen molar-refractivity contribution in [3.8, 4) is 12.3 Å². The number of carboxylic acid groups (broad SMARTS) is 1. The van der Waals surface area contributed by atoms with Crippen LogP contribution in [-0.2, 0) is 19.0 Å². The number of carboxylic acids is 1. The molecule has 4 atom stereocenters. The molecule has 7 heteroatoms. The molecule has 0 radical (unpaired) electrons. The van der Waals surface area contributed by atoms with Gasteiger partial charge in [-0.25, -0.2) is 5.90 Å². The number of rotatable bonds is 10. The van der Waals surface area contributed by atoms with Crippen molar-refractivity contribution < 1.29 is 29.3 Å². The predicted molar refractivity (Wildman–Crippen MR) is 98.8 cm³/mol. The molecule has 0 spiro atoms. The molecule has 0 aromatic rings. The van der Waals surface area contributed by atoms with E-state index in [-0.39, 0.29) is 30.8 Å². The zero-order valence-electron chi connectivity index (χ0n) is 16.0. The number of ether oxygens (including phenoxy) is 3. The minimum absolute atomic E-state index is 0.00642. The zero-order chi connectivity index (χ0) is 19.9. The SMILES string of the molecule is C#CCC(CC/C(C)=C/CC1CC(OC)CC(CC(=O)O)O1)OC.NO. The van der Waals surface area contributed by atoms with Crippen molar-refractivity contribution >= 4 is 5.97 Å². The summed E-state index contributed by atoms with van der Waals surface area (Å²) >= 11 is 0.